The van der Waals surface area contributed by atoms with Gasteiger partial charge in [0.1, 0.15) is 11.9 Å². The van der Waals surface area contributed by atoms with Gasteiger partial charge in [-0.3, -0.25) is 9.78 Å². The number of rotatable bonds is 7. The minimum Gasteiger partial charge on any atom is -0.467 e. The van der Waals surface area contributed by atoms with Gasteiger partial charge in [-0.15, -0.1) is 0 Å². The lowest BCUT2D eigenvalue weighted by molar-refractivity contribution is -0.132. The molecule has 0 aliphatic heterocycles. The van der Waals surface area contributed by atoms with Gasteiger partial charge in [-0.1, -0.05) is 36.4 Å². The molecule has 0 aliphatic carbocycles. The molecule has 128 valence electrons. The van der Waals surface area contributed by atoms with E-state index in [1.165, 1.54) is 6.26 Å². The summed E-state index contributed by atoms with van der Waals surface area (Å²) in [5, 5.41) is 10.4. The van der Waals surface area contributed by atoms with Crippen molar-refractivity contribution < 1.29 is 14.3 Å². The Kier molecular flexibility index (Phi) is 5.59. The number of aromatic nitrogens is 1. The van der Waals surface area contributed by atoms with Crippen molar-refractivity contribution in [2.24, 2.45) is 0 Å². The maximum absolute atomic E-state index is 12.8. The van der Waals surface area contributed by atoms with E-state index in [4.69, 9.17) is 4.42 Å². The smallest absolute Gasteiger partial charge is 0.227 e. The van der Waals surface area contributed by atoms with Gasteiger partial charge < -0.3 is 14.4 Å². The highest BCUT2D eigenvalue weighted by molar-refractivity contribution is 5.78. The summed E-state index contributed by atoms with van der Waals surface area (Å²) < 4.78 is 5.25. The van der Waals surface area contributed by atoms with E-state index in [9.17, 15) is 9.90 Å². The van der Waals surface area contributed by atoms with Crippen LogP contribution in [-0.4, -0.2) is 27.4 Å². The largest absolute Gasteiger partial charge is 0.467 e. The van der Waals surface area contributed by atoms with E-state index in [-0.39, 0.29) is 18.9 Å². The van der Waals surface area contributed by atoms with E-state index in [2.05, 4.69) is 4.98 Å². The molecule has 3 aromatic rings. The van der Waals surface area contributed by atoms with Gasteiger partial charge in [-0.2, -0.15) is 0 Å². The van der Waals surface area contributed by atoms with Crippen LogP contribution in [0.3, 0.4) is 0 Å². The van der Waals surface area contributed by atoms with Crippen molar-refractivity contribution in [2.75, 3.05) is 6.54 Å². The number of pyridine rings is 1. The molecule has 1 atom stereocenters. The molecule has 0 radical (unpaired) electrons. The Morgan fingerprint density at radius 3 is 2.56 bits per heavy atom. The normalized spacial score (nSPS) is 11.9. The second-order valence-corrected chi connectivity index (χ2v) is 5.83. The molecular formula is C20H20N2O3. The number of carbonyl (C=O) groups excluding carboxylic acids is 1. The van der Waals surface area contributed by atoms with Crippen LogP contribution in [0.4, 0.5) is 0 Å². The molecule has 1 unspecified atom stereocenters. The molecule has 0 spiro atoms. The standard InChI is InChI=1S/C20H20N2O3/c23-18(19-9-5-11-25-19)15-22(14-16-6-2-1-3-7-16)20(24)12-17-8-4-10-21-13-17/h1-11,13,18,23H,12,14-15H2. The summed E-state index contributed by atoms with van der Waals surface area (Å²) in [6, 6.07) is 16.8. The molecule has 1 aromatic carbocycles. The molecule has 0 bridgehead atoms. The first-order valence-corrected chi connectivity index (χ1v) is 8.14. The second-order valence-electron chi connectivity index (χ2n) is 5.83. The summed E-state index contributed by atoms with van der Waals surface area (Å²) in [6.07, 6.45) is 4.25. The maximum atomic E-state index is 12.8. The average molecular weight is 336 g/mol. The summed E-state index contributed by atoms with van der Waals surface area (Å²) in [5.41, 5.74) is 1.85. The van der Waals surface area contributed by atoms with E-state index >= 15 is 0 Å². The Morgan fingerprint density at radius 1 is 1.08 bits per heavy atom. The zero-order valence-corrected chi connectivity index (χ0v) is 13.8. The van der Waals surface area contributed by atoms with Crippen molar-refractivity contribution in [3.05, 3.63) is 90.1 Å². The highest BCUT2D eigenvalue weighted by Gasteiger charge is 2.21. The van der Waals surface area contributed by atoms with Gasteiger partial charge in [-0.05, 0) is 29.3 Å². The van der Waals surface area contributed by atoms with Crippen LogP contribution in [0.1, 0.15) is 23.0 Å². The van der Waals surface area contributed by atoms with E-state index in [0.717, 1.165) is 11.1 Å². The van der Waals surface area contributed by atoms with Gasteiger partial charge in [0.25, 0.3) is 0 Å². The minimum absolute atomic E-state index is 0.0672. The highest BCUT2D eigenvalue weighted by Crippen LogP contribution is 2.17. The van der Waals surface area contributed by atoms with Crippen molar-refractivity contribution in [3.8, 4) is 0 Å². The van der Waals surface area contributed by atoms with Gasteiger partial charge in [0, 0.05) is 18.9 Å². The van der Waals surface area contributed by atoms with Crippen molar-refractivity contribution in [1.82, 2.24) is 9.88 Å². The lowest BCUT2D eigenvalue weighted by Gasteiger charge is -2.25. The van der Waals surface area contributed by atoms with E-state index < -0.39 is 6.10 Å². The predicted octanol–water partition coefficient (Wildman–Crippen LogP) is 2.98. The molecule has 25 heavy (non-hydrogen) atoms. The fourth-order valence-corrected chi connectivity index (χ4v) is 2.63. The third-order valence-electron chi connectivity index (χ3n) is 3.91. The van der Waals surface area contributed by atoms with Crippen LogP contribution < -0.4 is 0 Å². The van der Waals surface area contributed by atoms with Gasteiger partial charge in [0.15, 0.2) is 0 Å². The molecule has 1 amide bonds. The Morgan fingerprint density at radius 2 is 1.88 bits per heavy atom. The zero-order chi connectivity index (χ0) is 17.5. The number of carbonyl (C=O) groups is 1. The SMILES string of the molecule is O=C(Cc1cccnc1)N(Cc1ccccc1)CC(O)c1ccco1. The van der Waals surface area contributed by atoms with Crippen molar-refractivity contribution in [3.63, 3.8) is 0 Å². The number of furan rings is 1. The van der Waals surface area contributed by atoms with Crippen molar-refractivity contribution >= 4 is 5.91 Å². The lowest BCUT2D eigenvalue weighted by Crippen LogP contribution is -2.35. The number of benzene rings is 1. The van der Waals surface area contributed by atoms with Gasteiger partial charge in [-0.25, -0.2) is 0 Å². The van der Waals surface area contributed by atoms with Crippen molar-refractivity contribution in [2.45, 2.75) is 19.1 Å². The number of hydrogen-bond donors (Lipinski definition) is 1. The van der Waals surface area contributed by atoms with E-state index in [0.29, 0.717) is 12.3 Å². The minimum atomic E-state index is -0.864. The molecule has 0 fully saturated rings. The number of hydrogen-bond acceptors (Lipinski definition) is 4. The monoisotopic (exact) mass is 336 g/mol. The first kappa shape index (κ1) is 16.9. The molecule has 0 aliphatic rings. The summed E-state index contributed by atoms with van der Waals surface area (Å²) >= 11 is 0. The van der Waals surface area contributed by atoms with E-state index in [1.807, 2.05) is 42.5 Å². The summed E-state index contributed by atoms with van der Waals surface area (Å²) in [6.45, 7) is 0.596. The number of aliphatic hydroxyl groups excluding tert-OH is 1. The number of nitrogens with zero attached hydrogens (tertiary/aromatic N) is 2. The molecule has 1 N–H and O–H groups in total. The Balaban J connectivity index is 1.74. The topological polar surface area (TPSA) is 66.6 Å². The predicted molar refractivity (Wildman–Crippen MR) is 93.5 cm³/mol. The Labute approximate surface area is 146 Å². The molecule has 2 heterocycles. The molecular weight excluding hydrogens is 316 g/mol. The van der Waals surface area contributed by atoms with Crippen LogP contribution in [0, 0.1) is 0 Å². The van der Waals surface area contributed by atoms with Crippen LogP contribution in [0.25, 0.3) is 0 Å². The van der Waals surface area contributed by atoms with Gasteiger partial charge in [0.2, 0.25) is 5.91 Å². The Bertz CT molecular complexity index is 773. The van der Waals surface area contributed by atoms with E-state index in [1.54, 1.807) is 29.4 Å². The number of aliphatic hydroxyl groups is 1. The fraction of sp³-hybridized carbons (Fsp3) is 0.200. The maximum Gasteiger partial charge on any atom is 0.227 e. The van der Waals surface area contributed by atoms with Crippen LogP contribution in [-0.2, 0) is 17.8 Å². The quantitative estimate of drug-likeness (QED) is 0.720. The molecule has 3 rings (SSSR count). The van der Waals surface area contributed by atoms with Gasteiger partial charge in [0.05, 0.1) is 19.2 Å². The molecule has 2 aromatic heterocycles. The average Bonchev–Trinajstić information content (AvgIpc) is 3.18. The summed E-state index contributed by atoms with van der Waals surface area (Å²) in [5.74, 6) is 0.384. The highest BCUT2D eigenvalue weighted by atomic mass is 16.4. The first-order chi connectivity index (χ1) is 12.2. The van der Waals surface area contributed by atoms with Crippen molar-refractivity contribution in [1.29, 1.82) is 0 Å². The summed E-state index contributed by atoms with van der Waals surface area (Å²) in [7, 11) is 0. The fourth-order valence-electron chi connectivity index (χ4n) is 2.63. The van der Waals surface area contributed by atoms with Crippen LogP contribution in [0.5, 0.6) is 0 Å². The lowest BCUT2D eigenvalue weighted by atomic mass is 10.1. The first-order valence-electron chi connectivity index (χ1n) is 8.14. The third kappa shape index (κ3) is 4.78. The third-order valence-corrected chi connectivity index (χ3v) is 3.91. The van der Waals surface area contributed by atoms with Crippen LogP contribution in [0.15, 0.2) is 77.7 Å². The van der Waals surface area contributed by atoms with Gasteiger partial charge >= 0.3 is 0 Å². The molecule has 0 saturated heterocycles. The zero-order valence-electron chi connectivity index (χ0n) is 13.8. The molecule has 5 nitrogen and oxygen atoms in total. The molecule has 5 heteroatoms. The van der Waals surface area contributed by atoms with Crippen LogP contribution in [0.2, 0.25) is 0 Å². The number of amides is 1. The van der Waals surface area contributed by atoms with Crippen LogP contribution >= 0.6 is 0 Å². The second kappa shape index (κ2) is 8.26. The molecule has 0 saturated carbocycles. The summed E-state index contributed by atoms with van der Waals surface area (Å²) in [4.78, 5) is 18.5. The Hall–Kier alpha value is -2.92.